The number of esters is 2. The van der Waals surface area contributed by atoms with Crippen molar-refractivity contribution in [1.29, 1.82) is 0 Å². The molecule has 8 nitrogen and oxygen atoms in total. The number of nitrogens with zero attached hydrogens (tertiary/aromatic N) is 1. The minimum Gasteiger partial charge on any atom is -0.544 e. The molecular weight excluding hydrogens is 679 g/mol. The summed E-state index contributed by atoms with van der Waals surface area (Å²) in [6, 6.07) is -0.727. The molecule has 54 heavy (non-hydrogen) atoms. The molecule has 0 aromatic heterocycles. The first-order chi connectivity index (χ1) is 26.1. The molecule has 0 saturated heterocycles. The average Bonchev–Trinajstić information content (AvgIpc) is 3.12. The summed E-state index contributed by atoms with van der Waals surface area (Å²) in [7, 11) is 5.40. The maximum atomic E-state index is 12.7. The van der Waals surface area contributed by atoms with Crippen LogP contribution in [-0.2, 0) is 28.6 Å². The summed E-state index contributed by atoms with van der Waals surface area (Å²) in [5.41, 5.74) is 0. The van der Waals surface area contributed by atoms with Crippen LogP contribution in [0.2, 0.25) is 0 Å². The normalized spacial score (nSPS) is 13.1. The van der Waals surface area contributed by atoms with Gasteiger partial charge in [-0.3, -0.25) is 9.59 Å². The van der Waals surface area contributed by atoms with Gasteiger partial charge in [-0.25, -0.2) is 0 Å². The Balaban J connectivity index is 4.36. The lowest BCUT2D eigenvalue weighted by molar-refractivity contribution is -0.889. The molecule has 2 atom stereocenters. The summed E-state index contributed by atoms with van der Waals surface area (Å²) >= 11 is 0. The van der Waals surface area contributed by atoms with E-state index in [-0.39, 0.29) is 42.7 Å². The Morgan fingerprint density at radius 2 is 0.926 bits per heavy atom. The van der Waals surface area contributed by atoms with E-state index in [0.29, 0.717) is 12.8 Å². The van der Waals surface area contributed by atoms with Gasteiger partial charge in [0.25, 0.3) is 0 Å². The van der Waals surface area contributed by atoms with Crippen LogP contribution in [0.4, 0.5) is 0 Å². The molecular formula is C46H85NO7. The molecule has 8 heteroatoms. The van der Waals surface area contributed by atoms with Crippen molar-refractivity contribution in [3.05, 3.63) is 24.3 Å². The lowest BCUT2D eigenvalue weighted by Gasteiger charge is -2.34. The minimum atomic E-state index is -1.13. The van der Waals surface area contributed by atoms with Gasteiger partial charge >= 0.3 is 11.9 Å². The molecule has 0 fully saturated rings. The second-order valence-electron chi connectivity index (χ2n) is 16.3. The fraction of sp³-hybridized carbons (Fsp3) is 0.848. The molecule has 0 aromatic rings. The third kappa shape index (κ3) is 35.5. The average molecular weight is 764 g/mol. The number of carboxylic acids is 1. The topological polar surface area (TPSA) is 102 Å². The minimum absolute atomic E-state index is 0.0347. The van der Waals surface area contributed by atoms with Crippen LogP contribution in [0, 0.1) is 0 Å². The summed E-state index contributed by atoms with van der Waals surface area (Å²) in [4.78, 5) is 36.8. The van der Waals surface area contributed by atoms with Crippen molar-refractivity contribution in [2.75, 3.05) is 41.0 Å². The van der Waals surface area contributed by atoms with Gasteiger partial charge in [-0.2, -0.15) is 0 Å². The Bertz CT molecular complexity index is 942. The monoisotopic (exact) mass is 764 g/mol. The second kappa shape index (κ2) is 37.7. The number of allylic oxidation sites excluding steroid dienone is 4. The number of hydrogen-bond acceptors (Lipinski definition) is 7. The first-order valence-electron chi connectivity index (χ1n) is 22.4. The quantitative estimate of drug-likeness (QED) is 0.0265. The van der Waals surface area contributed by atoms with Gasteiger partial charge in [0.1, 0.15) is 12.6 Å². The fourth-order valence-corrected chi connectivity index (χ4v) is 6.53. The Labute approximate surface area is 332 Å². The molecule has 0 aliphatic heterocycles. The second-order valence-corrected chi connectivity index (χ2v) is 16.3. The molecule has 0 aromatic carbocycles. The van der Waals surface area contributed by atoms with E-state index in [0.717, 1.165) is 64.2 Å². The molecule has 0 N–H and O–H groups in total. The van der Waals surface area contributed by atoms with Crippen molar-refractivity contribution >= 4 is 17.9 Å². The van der Waals surface area contributed by atoms with Crippen molar-refractivity contribution < 1.29 is 38.2 Å². The van der Waals surface area contributed by atoms with E-state index in [1.54, 1.807) is 21.1 Å². The number of ether oxygens (including phenoxy) is 3. The van der Waals surface area contributed by atoms with E-state index < -0.39 is 18.1 Å². The fourth-order valence-electron chi connectivity index (χ4n) is 6.53. The summed E-state index contributed by atoms with van der Waals surface area (Å²) < 4.78 is 17.1. The Morgan fingerprint density at radius 3 is 1.35 bits per heavy atom. The number of carboxylic acid groups (broad SMARTS) is 1. The highest BCUT2D eigenvalue weighted by atomic mass is 16.6. The van der Waals surface area contributed by atoms with E-state index in [1.165, 1.54) is 103 Å². The van der Waals surface area contributed by atoms with Gasteiger partial charge in [0.15, 0.2) is 6.10 Å². The number of carbonyl (C=O) groups excluding carboxylic acids is 3. The summed E-state index contributed by atoms with van der Waals surface area (Å²) in [6.07, 6.45) is 40.5. The van der Waals surface area contributed by atoms with Gasteiger partial charge in [-0.1, -0.05) is 141 Å². The number of hydrogen-bond donors (Lipinski definition) is 0. The number of unbranched alkanes of at least 4 members (excludes halogenated alkanes) is 22. The Hall–Kier alpha value is -2.19. The molecule has 0 heterocycles. The lowest BCUT2D eigenvalue weighted by atomic mass is 10.1. The van der Waals surface area contributed by atoms with Gasteiger partial charge in [-0.05, 0) is 64.2 Å². The first-order valence-corrected chi connectivity index (χ1v) is 22.4. The largest absolute Gasteiger partial charge is 0.544 e. The Kier molecular flexibility index (Phi) is 36.2. The summed E-state index contributed by atoms with van der Waals surface area (Å²) in [5, 5.41) is 11.6. The summed E-state index contributed by atoms with van der Waals surface area (Å²) in [5.74, 6) is -1.76. The Morgan fingerprint density at radius 1 is 0.537 bits per heavy atom. The molecule has 0 bridgehead atoms. The van der Waals surface area contributed by atoms with Crippen LogP contribution in [0.15, 0.2) is 24.3 Å². The molecule has 0 rings (SSSR count). The standard InChI is InChI=1S/C46H85NO7/c1-6-8-10-12-14-16-18-20-22-23-25-26-28-30-32-34-36-44(48)53-41-42(40-52-39-38-43(46(50)51)47(3,4)5)54-45(49)37-35-33-31-29-27-24-21-19-17-15-13-11-9-7-2/h22-24,27,42-43H,6-21,25-26,28-41H2,1-5H3/b23-22+,27-24+. The first kappa shape index (κ1) is 51.8. The number of likely N-dealkylation sites (N-methyl/N-ethyl adjacent to an activating group) is 1. The highest BCUT2D eigenvalue weighted by Gasteiger charge is 2.25. The van der Waals surface area contributed by atoms with Crippen LogP contribution in [0.25, 0.3) is 0 Å². The molecule has 0 aliphatic carbocycles. The highest BCUT2D eigenvalue weighted by molar-refractivity contribution is 5.70. The third-order valence-corrected chi connectivity index (χ3v) is 10.1. The van der Waals surface area contributed by atoms with Crippen LogP contribution < -0.4 is 5.11 Å². The van der Waals surface area contributed by atoms with Gasteiger partial charge in [0.05, 0.1) is 40.3 Å². The molecule has 0 radical (unpaired) electrons. The van der Waals surface area contributed by atoms with Crippen LogP contribution in [0.5, 0.6) is 0 Å². The van der Waals surface area contributed by atoms with E-state index in [1.807, 2.05) is 0 Å². The predicted octanol–water partition coefficient (Wildman–Crippen LogP) is 10.7. The van der Waals surface area contributed by atoms with Crippen LogP contribution in [-0.4, -0.2) is 75.5 Å². The SMILES string of the molecule is CCCCCCCCC/C=C/CCCCCCCC(=O)OCC(COCCC(C(=O)[O-])[N+](C)(C)C)OC(=O)CCCCC/C=C/CCCCCCCCC. The van der Waals surface area contributed by atoms with Crippen molar-refractivity contribution in [2.45, 2.75) is 212 Å². The number of carbonyl (C=O) groups is 3. The molecule has 0 aliphatic rings. The van der Waals surface area contributed by atoms with E-state index in [4.69, 9.17) is 14.2 Å². The smallest absolute Gasteiger partial charge is 0.306 e. The maximum absolute atomic E-state index is 12.7. The number of rotatable bonds is 40. The van der Waals surface area contributed by atoms with Crippen molar-refractivity contribution in [3.8, 4) is 0 Å². The molecule has 0 amide bonds. The number of aliphatic carboxylic acids is 1. The summed E-state index contributed by atoms with van der Waals surface area (Å²) in [6.45, 7) is 4.64. The van der Waals surface area contributed by atoms with Gasteiger partial charge in [0.2, 0.25) is 0 Å². The van der Waals surface area contributed by atoms with Crippen LogP contribution in [0.3, 0.4) is 0 Å². The molecule has 0 saturated carbocycles. The van der Waals surface area contributed by atoms with Crippen molar-refractivity contribution in [1.82, 2.24) is 0 Å². The predicted molar refractivity (Wildman–Crippen MR) is 222 cm³/mol. The third-order valence-electron chi connectivity index (χ3n) is 10.1. The van der Waals surface area contributed by atoms with E-state index >= 15 is 0 Å². The maximum Gasteiger partial charge on any atom is 0.306 e. The highest BCUT2D eigenvalue weighted by Crippen LogP contribution is 2.14. The zero-order chi connectivity index (χ0) is 40.0. The lowest BCUT2D eigenvalue weighted by Crippen LogP contribution is -2.55. The van der Waals surface area contributed by atoms with Gasteiger partial charge < -0.3 is 28.6 Å². The van der Waals surface area contributed by atoms with Crippen LogP contribution in [0.1, 0.15) is 200 Å². The van der Waals surface area contributed by atoms with E-state index in [9.17, 15) is 19.5 Å². The zero-order valence-electron chi connectivity index (χ0n) is 35.9. The molecule has 0 spiro atoms. The molecule has 2 unspecified atom stereocenters. The van der Waals surface area contributed by atoms with Crippen molar-refractivity contribution in [2.24, 2.45) is 0 Å². The van der Waals surface area contributed by atoms with E-state index in [2.05, 4.69) is 38.2 Å². The van der Waals surface area contributed by atoms with Crippen molar-refractivity contribution in [3.63, 3.8) is 0 Å². The van der Waals surface area contributed by atoms with Gasteiger partial charge in [-0.15, -0.1) is 0 Å². The van der Waals surface area contributed by atoms with Gasteiger partial charge in [0, 0.05) is 19.3 Å². The molecule has 316 valence electrons. The zero-order valence-corrected chi connectivity index (χ0v) is 35.9. The van der Waals surface area contributed by atoms with Crippen LogP contribution >= 0.6 is 0 Å². The number of quaternary nitrogens is 1.